The molecule has 0 bridgehead atoms. The maximum Gasteiger partial charge on any atom is 0.277 e. The fraction of sp³-hybridized carbons (Fsp3) is 0.167. The van der Waals surface area contributed by atoms with Crippen molar-refractivity contribution in [2.45, 2.75) is 6.61 Å². The van der Waals surface area contributed by atoms with Crippen molar-refractivity contribution >= 4 is 34.7 Å². The fourth-order valence-electron chi connectivity index (χ4n) is 2.69. The normalized spacial score (nSPS) is 10.6. The van der Waals surface area contributed by atoms with Gasteiger partial charge in [0.1, 0.15) is 29.6 Å². The van der Waals surface area contributed by atoms with Crippen LogP contribution in [-0.4, -0.2) is 32.9 Å². The number of carbonyl (C=O) groups is 1. The number of amides is 1. The predicted molar refractivity (Wildman–Crippen MR) is 131 cm³/mol. The van der Waals surface area contributed by atoms with Crippen LogP contribution in [0.1, 0.15) is 11.1 Å². The molecular weight excluding hydrogens is 523 g/mol. The summed E-state index contributed by atoms with van der Waals surface area (Å²) in [4.78, 5) is 12.0. The molecule has 3 aromatic carbocycles. The lowest BCUT2D eigenvalue weighted by Gasteiger charge is -2.11. The van der Waals surface area contributed by atoms with Gasteiger partial charge in [-0.3, -0.25) is 4.79 Å². The van der Waals surface area contributed by atoms with E-state index >= 15 is 0 Å². The van der Waals surface area contributed by atoms with Crippen LogP contribution in [0.2, 0.25) is 0 Å². The lowest BCUT2D eigenvalue weighted by molar-refractivity contribution is -0.123. The van der Waals surface area contributed by atoms with Crippen LogP contribution in [0.4, 0.5) is 0 Å². The fourth-order valence-corrected chi connectivity index (χ4v) is 3.05. The number of nitrogens with zero attached hydrogens (tertiary/aromatic N) is 1. The molecule has 0 saturated carbocycles. The molecule has 0 aliphatic heterocycles. The number of hydrogen-bond donors (Lipinski definition) is 1. The third-order valence-corrected chi connectivity index (χ3v) is 5.04. The van der Waals surface area contributed by atoms with Gasteiger partial charge in [0.2, 0.25) is 0 Å². The number of halogens is 1. The Bertz CT molecular complexity index is 1070. The first kappa shape index (κ1) is 23.4. The van der Waals surface area contributed by atoms with Crippen molar-refractivity contribution in [3.8, 4) is 23.0 Å². The molecule has 0 saturated heterocycles. The minimum Gasteiger partial charge on any atom is -0.497 e. The van der Waals surface area contributed by atoms with Gasteiger partial charge in [-0.15, -0.1) is 0 Å². The molecule has 3 rings (SSSR count). The zero-order chi connectivity index (χ0) is 22.8. The Labute approximate surface area is 200 Å². The number of methoxy groups -OCH3 is 2. The summed E-state index contributed by atoms with van der Waals surface area (Å²) in [6.07, 6.45) is 1.51. The number of benzene rings is 3. The van der Waals surface area contributed by atoms with Crippen LogP contribution in [0.25, 0.3) is 0 Å². The molecule has 0 aliphatic carbocycles. The largest absolute Gasteiger partial charge is 0.497 e. The van der Waals surface area contributed by atoms with Gasteiger partial charge in [-0.05, 0) is 82.8 Å². The summed E-state index contributed by atoms with van der Waals surface area (Å²) in [6.45, 7) is 0.204. The van der Waals surface area contributed by atoms with Crippen LogP contribution in [-0.2, 0) is 11.4 Å². The van der Waals surface area contributed by atoms with Crippen molar-refractivity contribution in [2.24, 2.45) is 5.10 Å². The van der Waals surface area contributed by atoms with Crippen LogP contribution in [0.15, 0.2) is 71.8 Å². The van der Waals surface area contributed by atoms with E-state index in [1.807, 2.05) is 36.4 Å². The Morgan fingerprint density at radius 2 is 1.66 bits per heavy atom. The van der Waals surface area contributed by atoms with E-state index < -0.39 is 0 Å². The smallest absolute Gasteiger partial charge is 0.277 e. The molecule has 1 amide bonds. The lowest BCUT2D eigenvalue weighted by Crippen LogP contribution is -2.24. The molecule has 0 unspecified atom stereocenters. The van der Waals surface area contributed by atoms with Gasteiger partial charge in [0.05, 0.1) is 20.4 Å². The number of ether oxygens (including phenoxy) is 4. The van der Waals surface area contributed by atoms with Gasteiger partial charge in [0.25, 0.3) is 5.91 Å². The molecular formula is C24H23IN2O5. The molecule has 7 nitrogen and oxygen atoms in total. The van der Waals surface area contributed by atoms with Crippen molar-refractivity contribution in [1.29, 1.82) is 0 Å². The quantitative estimate of drug-likeness (QED) is 0.232. The molecule has 1 N–H and O–H groups in total. The van der Waals surface area contributed by atoms with E-state index in [9.17, 15) is 4.79 Å². The van der Waals surface area contributed by atoms with Gasteiger partial charge >= 0.3 is 0 Å². The van der Waals surface area contributed by atoms with Crippen molar-refractivity contribution in [3.63, 3.8) is 0 Å². The average Bonchev–Trinajstić information content (AvgIpc) is 2.83. The summed E-state index contributed by atoms with van der Waals surface area (Å²) >= 11 is 2.20. The van der Waals surface area contributed by atoms with Crippen LogP contribution < -0.4 is 24.4 Å². The van der Waals surface area contributed by atoms with Crippen molar-refractivity contribution < 1.29 is 23.7 Å². The molecule has 0 spiro atoms. The minimum atomic E-state index is -0.374. The predicted octanol–water partition coefficient (Wildman–Crippen LogP) is 4.42. The van der Waals surface area contributed by atoms with Gasteiger partial charge in [-0.2, -0.15) is 5.10 Å². The van der Waals surface area contributed by atoms with E-state index in [0.717, 1.165) is 14.9 Å². The molecule has 0 atom stereocenters. The summed E-state index contributed by atoms with van der Waals surface area (Å²) in [7, 11) is 3.20. The summed E-state index contributed by atoms with van der Waals surface area (Å²) < 4.78 is 23.0. The van der Waals surface area contributed by atoms with Crippen LogP contribution in [0, 0.1) is 3.57 Å². The van der Waals surface area contributed by atoms with E-state index in [2.05, 4.69) is 33.1 Å². The number of rotatable bonds is 10. The highest BCUT2D eigenvalue weighted by atomic mass is 127. The van der Waals surface area contributed by atoms with Gasteiger partial charge in [0, 0.05) is 9.13 Å². The zero-order valence-corrected chi connectivity index (χ0v) is 19.9. The highest BCUT2D eigenvalue weighted by molar-refractivity contribution is 14.1. The summed E-state index contributed by atoms with van der Waals surface area (Å²) in [5, 5.41) is 4.03. The maximum absolute atomic E-state index is 12.0. The van der Waals surface area contributed by atoms with Gasteiger partial charge in [-0.25, -0.2) is 5.43 Å². The van der Waals surface area contributed by atoms with Crippen LogP contribution >= 0.6 is 22.6 Å². The number of hydrogen-bond acceptors (Lipinski definition) is 6. The third-order valence-electron chi connectivity index (χ3n) is 4.32. The summed E-state index contributed by atoms with van der Waals surface area (Å²) in [5.41, 5.74) is 4.08. The monoisotopic (exact) mass is 546 g/mol. The Hall–Kier alpha value is -3.27. The topological polar surface area (TPSA) is 78.4 Å². The maximum atomic E-state index is 12.0. The second-order valence-electron chi connectivity index (χ2n) is 6.58. The molecule has 0 radical (unpaired) electrons. The van der Waals surface area contributed by atoms with Crippen LogP contribution in [0.5, 0.6) is 23.0 Å². The van der Waals surface area contributed by atoms with E-state index in [-0.39, 0.29) is 12.5 Å². The highest BCUT2D eigenvalue weighted by Gasteiger charge is 2.07. The van der Waals surface area contributed by atoms with Crippen molar-refractivity contribution in [2.75, 3.05) is 20.8 Å². The molecule has 0 aromatic heterocycles. The van der Waals surface area contributed by atoms with Crippen molar-refractivity contribution in [1.82, 2.24) is 5.43 Å². The Morgan fingerprint density at radius 1 is 0.938 bits per heavy atom. The van der Waals surface area contributed by atoms with E-state index in [4.69, 9.17) is 18.9 Å². The summed E-state index contributed by atoms with van der Waals surface area (Å²) in [5.74, 6) is 2.25. The molecule has 32 heavy (non-hydrogen) atoms. The first-order valence-corrected chi connectivity index (χ1v) is 10.8. The Morgan fingerprint density at radius 3 is 2.41 bits per heavy atom. The van der Waals surface area contributed by atoms with E-state index in [1.165, 1.54) is 6.21 Å². The van der Waals surface area contributed by atoms with Crippen LogP contribution in [0.3, 0.4) is 0 Å². The van der Waals surface area contributed by atoms with Gasteiger partial charge < -0.3 is 18.9 Å². The molecule has 0 aliphatic rings. The summed E-state index contributed by atoms with van der Waals surface area (Å²) in [6, 6.07) is 20.4. The molecule has 8 heteroatoms. The molecule has 0 fully saturated rings. The molecule has 3 aromatic rings. The zero-order valence-electron chi connectivity index (χ0n) is 17.7. The van der Waals surface area contributed by atoms with Crippen molar-refractivity contribution in [3.05, 3.63) is 81.4 Å². The SMILES string of the molecule is COc1cccc(COc2ccc(OC)cc2C=NNC(=O)COc2ccc(I)cc2)c1. The molecule has 166 valence electrons. The average molecular weight is 546 g/mol. The second kappa shape index (κ2) is 11.9. The number of nitrogens with one attached hydrogen (secondary N) is 1. The van der Waals surface area contributed by atoms with E-state index in [0.29, 0.717) is 29.4 Å². The first-order valence-electron chi connectivity index (χ1n) is 9.71. The Kier molecular flexibility index (Phi) is 8.73. The minimum absolute atomic E-state index is 0.144. The Balaban J connectivity index is 1.60. The second-order valence-corrected chi connectivity index (χ2v) is 7.83. The van der Waals surface area contributed by atoms with Gasteiger partial charge in [-0.1, -0.05) is 12.1 Å². The molecule has 0 heterocycles. The highest BCUT2D eigenvalue weighted by Crippen LogP contribution is 2.24. The third kappa shape index (κ3) is 7.16. The standard InChI is InChI=1S/C24H23IN2O5/c1-29-21-5-3-4-17(12-21)15-32-23-11-10-22(30-2)13-18(23)14-26-27-24(28)16-31-20-8-6-19(25)7-9-20/h3-14H,15-16H2,1-2H3,(H,27,28). The number of carbonyl (C=O) groups excluding carboxylic acids is 1. The first-order chi connectivity index (χ1) is 15.6. The van der Waals surface area contributed by atoms with Gasteiger partial charge in [0.15, 0.2) is 6.61 Å². The van der Waals surface area contributed by atoms with E-state index in [1.54, 1.807) is 44.6 Å². The number of hydrazone groups is 1. The lowest BCUT2D eigenvalue weighted by atomic mass is 10.2.